The molecule has 0 saturated carbocycles. The summed E-state index contributed by atoms with van der Waals surface area (Å²) in [4.78, 5) is 3.39. The SMILES string of the molecule is N#CN=C(N)Cc1ccc(Cl)cc1Cl. The Morgan fingerprint density at radius 2 is 2.21 bits per heavy atom. The van der Waals surface area contributed by atoms with E-state index in [4.69, 9.17) is 34.2 Å². The Labute approximate surface area is 91.8 Å². The van der Waals surface area contributed by atoms with Gasteiger partial charge in [0.05, 0.1) is 0 Å². The van der Waals surface area contributed by atoms with Crippen molar-refractivity contribution in [2.45, 2.75) is 6.42 Å². The third-order valence-corrected chi connectivity index (χ3v) is 2.17. The molecule has 1 rings (SSSR count). The summed E-state index contributed by atoms with van der Waals surface area (Å²) < 4.78 is 0. The third kappa shape index (κ3) is 2.91. The average molecular weight is 228 g/mol. The number of aliphatic imine (C=N–C) groups is 1. The van der Waals surface area contributed by atoms with Crippen LogP contribution in [-0.4, -0.2) is 5.84 Å². The zero-order valence-corrected chi connectivity index (χ0v) is 8.68. The van der Waals surface area contributed by atoms with Crippen molar-refractivity contribution in [2.75, 3.05) is 0 Å². The lowest BCUT2D eigenvalue weighted by atomic mass is 10.1. The van der Waals surface area contributed by atoms with E-state index in [1.54, 1.807) is 24.4 Å². The van der Waals surface area contributed by atoms with E-state index in [1.165, 1.54) is 0 Å². The highest BCUT2D eigenvalue weighted by atomic mass is 35.5. The Morgan fingerprint density at radius 1 is 1.50 bits per heavy atom. The van der Waals surface area contributed by atoms with Crippen molar-refractivity contribution in [1.82, 2.24) is 0 Å². The van der Waals surface area contributed by atoms with Crippen LogP contribution in [0.5, 0.6) is 0 Å². The smallest absolute Gasteiger partial charge is 0.207 e. The number of rotatable bonds is 2. The fraction of sp³-hybridized carbons (Fsp3) is 0.111. The second-order valence-electron chi connectivity index (χ2n) is 2.62. The van der Waals surface area contributed by atoms with E-state index in [-0.39, 0.29) is 5.84 Å². The van der Waals surface area contributed by atoms with Crippen molar-refractivity contribution in [3.63, 3.8) is 0 Å². The van der Waals surface area contributed by atoms with Crippen LogP contribution in [-0.2, 0) is 6.42 Å². The molecule has 3 nitrogen and oxygen atoms in total. The Kier molecular flexibility index (Phi) is 3.75. The molecule has 1 aromatic rings. The lowest BCUT2D eigenvalue weighted by molar-refractivity contribution is 1.27. The van der Waals surface area contributed by atoms with Crippen molar-refractivity contribution in [3.8, 4) is 6.19 Å². The van der Waals surface area contributed by atoms with Crippen LogP contribution in [0.1, 0.15) is 5.56 Å². The molecule has 0 aromatic heterocycles. The van der Waals surface area contributed by atoms with Gasteiger partial charge in [-0.2, -0.15) is 10.3 Å². The van der Waals surface area contributed by atoms with Crippen LogP contribution < -0.4 is 5.73 Å². The molecular weight excluding hydrogens is 221 g/mol. The largest absolute Gasteiger partial charge is 0.386 e. The molecule has 0 unspecified atom stereocenters. The quantitative estimate of drug-likeness (QED) is 0.479. The first-order valence-electron chi connectivity index (χ1n) is 3.78. The van der Waals surface area contributed by atoms with Crippen molar-refractivity contribution >= 4 is 29.0 Å². The molecule has 2 N–H and O–H groups in total. The summed E-state index contributed by atoms with van der Waals surface area (Å²) in [5, 5.41) is 9.34. The van der Waals surface area contributed by atoms with Gasteiger partial charge in [-0.1, -0.05) is 29.3 Å². The van der Waals surface area contributed by atoms with Crippen LogP contribution >= 0.6 is 23.2 Å². The number of hydrogen-bond donors (Lipinski definition) is 1. The van der Waals surface area contributed by atoms with Gasteiger partial charge >= 0.3 is 0 Å². The topological polar surface area (TPSA) is 62.2 Å². The standard InChI is InChI=1S/C9H7Cl2N3/c10-7-2-1-6(8(11)4-7)3-9(13)14-5-12/h1-2,4H,3H2,(H2,13,14). The summed E-state index contributed by atoms with van der Waals surface area (Å²) in [7, 11) is 0. The summed E-state index contributed by atoms with van der Waals surface area (Å²) >= 11 is 11.6. The monoisotopic (exact) mass is 227 g/mol. The van der Waals surface area contributed by atoms with Crippen molar-refractivity contribution in [3.05, 3.63) is 33.8 Å². The van der Waals surface area contributed by atoms with Gasteiger partial charge in [0.1, 0.15) is 5.84 Å². The number of hydrogen-bond acceptors (Lipinski definition) is 2. The molecule has 0 saturated heterocycles. The van der Waals surface area contributed by atoms with Crippen LogP contribution in [0.2, 0.25) is 10.0 Å². The van der Waals surface area contributed by atoms with E-state index in [2.05, 4.69) is 4.99 Å². The van der Waals surface area contributed by atoms with Gasteiger partial charge in [0.25, 0.3) is 0 Å². The molecule has 0 radical (unpaired) electrons. The van der Waals surface area contributed by atoms with Gasteiger partial charge in [0.2, 0.25) is 6.19 Å². The van der Waals surface area contributed by atoms with Crippen LogP contribution in [0.3, 0.4) is 0 Å². The molecule has 1 aromatic carbocycles. The number of nitrogens with two attached hydrogens (primary N) is 1. The second-order valence-corrected chi connectivity index (χ2v) is 3.46. The molecule has 14 heavy (non-hydrogen) atoms. The highest BCUT2D eigenvalue weighted by molar-refractivity contribution is 6.35. The molecule has 0 aliphatic rings. The lowest BCUT2D eigenvalue weighted by Gasteiger charge is -2.02. The zero-order valence-electron chi connectivity index (χ0n) is 7.17. The fourth-order valence-corrected chi connectivity index (χ4v) is 1.44. The lowest BCUT2D eigenvalue weighted by Crippen LogP contribution is -2.14. The molecule has 0 atom stereocenters. The number of nitriles is 1. The zero-order chi connectivity index (χ0) is 10.6. The minimum Gasteiger partial charge on any atom is -0.386 e. The van der Waals surface area contributed by atoms with Gasteiger partial charge in [-0.05, 0) is 17.7 Å². The molecule has 0 heterocycles. The van der Waals surface area contributed by atoms with Crippen LogP contribution in [0.4, 0.5) is 0 Å². The summed E-state index contributed by atoms with van der Waals surface area (Å²) in [5.41, 5.74) is 6.26. The van der Waals surface area contributed by atoms with Gasteiger partial charge in [0.15, 0.2) is 0 Å². The Hall–Kier alpha value is -1.24. The van der Waals surface area contributed by atoms with Gasteiger partial charge in [0, 0.05) is 16.5 Å². The summed E-state index contributed by atoms with van der Waals surface area (Å²) in [6.45, 7) is 0. The minimum absolute atomic E-state index is 0.233. The molecule has 0 fully saturated rings. The summed E-state index contributed by atoms with van der Waals surface area (Å²) in [6, 6.07) is 5.09. The first-order chi connectivity index (χ1) is 6.63. The van der Waals surface area contributed by atoms with E-state index in [0.717, 1.165) is 5.56 Å². The van der Waals surface area contributed by atoms with Crippen LogP contribution in [0.25, 0.3) is 0 Å². The Bertz CT molecular complexity index is 407. The Morgan fingerprint density at radius 3 is 2.79 bits per heavy atom. The first-order valence-corrected chi connectivity index (χ1v) is 4.54. The molecular formula is C9H7Cl2N3. The molecule has 0 amide bonds. The molecule has 0 bridgehead atoms. The second kappa shape index (κ2) is 4.85. The summed E-state index contributed by atoms with van der Waals surface area (Å²) in [5.74, 6) is 0.233. The maximum atomic E-state index is 8.26. The predicted octanol–water partition coefficient (Wildman–Crippen LogP) is 2.37. The van der Waals surface area contributed by atoms with Gasteiger partial charge in [-0.15, -0.1) is 0 Å². The number of amidine groups is 1. The predicted molar refractivity (Wildman–Crippen MR) is 57.4 cm³/mol. The third-order valence-electron chi connectivity index (χ3n) is 1.58. The highest BCUT2D eigenvalue weighted by Gasteiger charge is 2.03. The van der Waals surface area contributed by atoms with Crippen molar-refractivity contribution in [1.29, 1.82) is 5.26 Å². The number of benzene rings is 1. The van der Waals surface area contributed by atoms with E-state index >= 15 is 0 Å². The van der Waals surface area contributed by atoms with E-state index < -0.39 is 0 Å². The van der Waals surface area contributed by atoms with Crippen molar-refractivity contribution in [2.24, 2.45) is 10.7 Å². The van der Waals surface area contributed by atoms with E-state index in [1.807, 2.05) is 0 Å². The molecule has 0 aliphatic heterocycles. The van der Waals surface area contributed by atoms with E-state index in [0.29, 0.717) is 16.5 Å². The van der Waals surface area contributed by atoms with Gasteiger partial charge < -0.3 is 5.73 Å². The molecule has 0 spiro atoms. The molecule has 0 aliphatic carbocycles. The summed E-state index contributed by atoms with van der Waals surface area (Å²) in [6.07, 6.45) is 1.96. The fourth-order valence-electron chi connectivity index (χ4n) is 0.964. The minimum atomic E-state index is 0.233. The van der Waals surface area contributed by atoms with Gasteiger partial charge in [-0.3, -0.25) is 0 Å². The number of nitrogens with zero attached hydrogens (tertiary/aromatic N) is 2. The maximum Gasteiger partial charge on any atom is 0.207 e. The number of halogens is 2. The van der Waals surface area contributed by atoms with Crippen LogP contribution in [0, 0.1) is 11.5 Å². The maximum absolute atomic E-state index is 8.26. The normalized spacial score (nSPS) is 11.1. The van der Waals surface area contributed by atoms with Crippen LogP contribution in [0.15, 0.2) is 23.2 Å². The molecule has 5 heteroatoms. The molecule has 72 valence electrons. The van der Waals surface area contributed by atoms with Crippen molar-refractivity contribution < 1.29 is 0 Å². The average Bonchev–Trinajstić information content (AvgIpc) is 2.10. The first kappa shape index (κ1) is 10.8. The Balaban J connectivity index is 2.89. The van der Waals surface area contributed by atoms with E-state index in [9.17, 15) is 0 Å². The highest BCUT2D eigenvalue weighted by Crippen LogP contribution is 2.21. The van der Waals surface area contributed by atoms with Gasteiger partial charge in [-0.25, -0.2) is 0 Å².